The summed E-state index contributed by atoms with van der Waals surface area (Å²) in [5.74, 6) is 0.187. The van der Waals surface area contributed by atoms with Crippen LogP contribution in [0.3, 0.4) is 0 Å². The summed E-state index contributed by atoms with van der Waals surface area (Å²) >= 11 is 0. The Balaban J connectivity index is 1.75. The minimum atomic E-state index is -0.322. The number of fused-ring (bicyclic) bond motifs is 1. The van der Waals surface area contributed by atoms with E-state index in [1.807, 2.05) is 26.8 Å². The quantitative estimate of drug-likeness (QED) is 0.778. The first-order chi connectivity index (χ1) is 12.3. The highest BCUT2D eigenvalue weighted by Gasteiger charge is 2.39. The Morgan fingerprint density at radius 1 is 1.31 bits per heavy atom. The maximum atomic E-state index is 13.6. The molecule has 0 unspecified atom stereocenters. The number of carbonyl (C=O) groups excluding carboxylic acids is 1. The van der Waals surface area contributed by atoms with Crippen LogP contribution in [0.15, 0.2) is 36.5 Å². The highest BCUT2D eigenvalue weighted by Crippen LogP contribution is 2.39. The predicted molar refractivity (Wildman–Crippen MR) is 97.4 cm³/mol. The first-order valence-corrected chi connectivity index (χ1v) is 8.79. The molecule has 0 atom stereocenters. The first-order valence-electron chi connectivity index (χ1n) is 8.79. The van der Waals surface area contributed by atoms with Crippen molar-refractivity contribution in [2.24, 2.45) is 5.92 Å². The van der Waals surface area contributed by atoms with Gasteiger partial charge in [0.05, 0.1) is 17.4 Å². The van der Waals surface area contributed by atoms with Crippen molar-refractivity contribution in [1.29, 1.82) is 0 Å². The number of hydrogen-bond donors (Lipinski definition) is 1. The average Bonchev–Trinajstić information content (AvgIpc) is 3.35. The Morgan fingerprint density at radius 3 is 2.77 bits per heavy atom. The molecule has 0 bridgehead atoms. The lowest BCUT2D eigenvalue weighted by atomic mass is 9.99. The highest BCUT2D eigenvalue weighted by molar-refractivity contribution is 5.92. The van der Waals surface area contributed by atoms with Gasteiger partial charge in [0.25, 0.3) is 5.91 Å². The first kappa shape index (κ1) is 16.7. The SMILES string of the molecule is Cc1cc(-c2cccc(F)c2)nn2c(C(=O)NC(C)(C)C3CC3)ncc12. The molecular weight excluding hydrogens is 331 g/mol. The Morgan fingerprint density at radius 2 is 2.08 bits per heavy atom. The monoisotopic (exact) mass is 352 g/mol. The molecule has 1 N–H and O–H groups in total. The molecule has 1 fully saturated rings. The van der Waals surface area contributed by atoms with Gasteiger partial charge in [-0.05, 0) is 63.3 Å². The minimum absolute atomic E-state index is 0.245. The number of amides is 1. The molecule has 1 amide bonds. The number of imidazole rings is 1. The number of aromatic nitrogens is 3. The third-order valence-corrected chi connectivity index (χ3v) is 5.06. The van der Waals surface area contributed by atoms with E-state index >= 15 is 0 Å². The van der Waals surface area contributed by atoms with E-state index in [-0.39, 0.29) is 23.1 Å². The molecular formula is C20H21FN4O. The predicted octanol–water partition coefficient (Wildman–Crippen LogP) is 3.76. The van der Waals surface area contributed by atoms with E-state index in [0.717, 1.165) is 23.9 Å². The molecule has 4 rings (SSSR count). The second kappa shape index (κ2) is 5.90. The summed E-state index contributed by atoms with van der Waals surface area (Å²) in [4.78, 5) is 17.1. The smallest absolute Gasteiger partial charge is 0.289 e. The second-order valence-corrected chi connectivity index (χ2v) is 7.55. The van der Waals surface area contributed by atoms with Crippen LogP contribution in [0.25, 0.3) is 16.8 Å². The van der Waals surface area contributed by atoms with Crippen molar-refractivity contribution < 1.29 is 9.18 Å². The van der Waals surface area contributed by atoms with E-state index in [2.05, 4.69) is 15.4 Å². The van der Waals surface area contributed by atoms with E-state index in [1.54, 1.807) is 22.8 Å². The van der Waals surface area contributed by atoms with Gasteiger partial charge in [-0.15, -0.1) is 0 Å². The number of nitrogens with one attached hydrogen (secondary N) is 1. The van der Waals surface area contributed by atoms with Crippen LogP contribution in [-0.4, -0.2) is 26.0 Å². The minimum Gasteiger partial charge on any atom is -0.344 e. The van der Waals surface area contributed by atoms with Crippen LogP contribution >= 0.6 is 0 Å². The van der Waals surface area contributed by atoms with Crippen molar-refractivity contribution in [2.45, 2.75) is 39.2 Å². The maximum Gasteiger partial charge on any atom is 0.289 e. The highest BCUT2D eigenvalue weighted by atomic mass is 19.1. The third-order valence-electron chi connectivity index (χ3n) is 5.06. The molecule has 1 aromatic carbocycles. The van der Waals surface area contributed by atoms with Gasteiger partial charge in [0.2, 0.25) is 5.82 Å². The fourth-order valence-electron chi connectivity index (χ4n) is 3.33. The normalized spacial score (nSPS) is 14.6. The van der Waals surface area contributed by atoms with Crippen LogP contribution in [-0.2, 0) is 0 Å². The van der Waals surface area contributed by atoms with Gasteiger partial charge >= 0.3 is 0 Å². The van der Waals surface area contributed by atoms with Crippen molar-refractivity contribution in [3.8, 4) is 11.3 Å². The fraction of sp³-hybridized carbons (Fsp3) is 0.350. The molecule has 1 aliphatic carbocycles. The Kier molecular flexibility index (Phi) is 3.79. The number of aryl methyl sites for hydroxylation is 1. The van der Waals surface area contributed by atoms with Crippen molar-refractivity contribution in [1.82, 2.24) is 19.9 Å². The van der Waals surface area contributed by atoms with Gasteiger partial charge in [-0.25, -0.2) is 13.9 Å². The van der Waals surface area contributed by atoms with E-state index in [1.165, 1.54) is 12.1 Å². The number of nitrogens with zero attached hydrogens (tertiary/aromatic N) is 3. The van der Waals surface area contributed by atoms with Crippen LogP contribution in [0.5, 0.6) is 0 Å². The third kappa shape index (κ3) is 2.96. The number of halogens is 1. The van der Waals surface area contributed by atoms with Gasteiger partial charge in [0.1, 0.15) is 5.82 Å². The second-order valence-electron chi connectivity index (χ2n) is 7.55. The van der Waals surface area contributed by atoms with Gasteiger partial charge in [0.15, 0.2) is 0 Å². The van der Waals surface area contributed by atoms with Crippen molar-refractivity contribution in [3.63, 3.8) is 0 Å². The fourth-order valence-corrected chi connectivity index (χ4v) is 3.33. The van der Waals surface area contributed by atoms with Gasteiger partial charge in [-0.2, -0.15) is 5.10 Å². The molecule has 0 radical (unpaired) electrons. The lowest BCUT2D eigenvalue weighted by molar-refractivity contribution is 0.0890. The van der Waals surface area contributed by atoms with E-state index < -0.39 is 0 Å². The largest absolute Gasteiger partial charge is 0.344 e. The van der Waals surface area contributed by atoms with Crippen LogP contribution < -0.4 is 5.32 Å². The van der Waals surface area contributed by atoms with Crippen LogP contribution in [0.1, 0.15) is 42.9 Å². The van der Waals surface area contributed by atoms with Crippen LogP contribution in [0.2, 0.25) is 0 Å². The molecule has 3 aromatic rings. The molecule has 5 nitrogen and oxygen atoms in total. The molecule has 1 saturated carbocycles. The molecule has 26 heavy (non-hydrogen) atoms. The summed E-state index contributed by atoms with van der Waals surface area (Å²) in [6, 6.07) is 8.14. The Bertz CT molecular complexity index is 1000. The summed E-state index contributed by atoms with van der Waals surface area (Å²) in [5.41, 5.74) is 2.68. The molecule has 134 valence electrons. The zero-order valence-electron chi connectivity index (χ0n) is 15.1. The summed E-state index contributed by atoms with van der Waals surface area (Å²) in [6.07, 6.45) is 3.92. The lowest BCUT2D eigenvalue weighted by Gasteiger charge is -2.25. The summed E-state index contributed by atoms with van der Waals surface area (Å²) in [5, 5.41) is 7.62. The number of benzene rings is 1. The van der Waals surface area contributed by atoms with Crippen molar-refractivity contribution >= 4 is 11.4 Å². The van der Waals surface area contributed by atoms with E-state index in [9.17, 15) is 9.18 Å². The van der Waals surface area contributed by atoms with E-state index in [0.29, 0.717) is 17.2 Å². The van der Waals surface area contributed by atoms with Crippen LogP contribution in [0.4, 0.5) is 4.39 Å². The summed E-state index contributed by atoms with van der Waals surface area (Å²) in [6.45, 7) is 6.00. The topological polar surface area (TPSA) is 59.3 Å². The average molecular weight is 352 g/mol. The number of rotatable bonds is 4. The molecule has 0 aliphatic heterocycles. The van der Waals surface area contributed by atoms with Gasteiger partial charge in [-0.3, -0.25) is 4.79 Å². The Hall–Kier alpha value is -2.76. The summed E-state index contributed by atoms with van der Waals surface area (Å²) in [7, 11) is 0. The molecule has 1 aliphatic rings. The molecule has 2 heterocycles. The van der Waals surface area contributed by atoms with Crippen molar-refractivity contribution in [3.05, 3.63) is 53.7 Å². The van der Waals surface area contributed by atoms with Crippen molar-refractivity contribution in [2.75, 3.05) is 0 Å². The molecule has 2 aromatic heterocycles. The lowest BCUT2D eigenvalue weighted by Crippen LogP contribution is -2.45. The molecule has 6 heteroatoms. The Labute approximate surface area is 151 Å². The van der Waals surface area contributed by atoms with E-state index in [4.69, 9.17) is 0 Å². The summed E-state index contributed by atoms with van der Waals surface area (Å²) < 4.78 is 15.1. The standard InChI is InChI=1S/C20H21FN4O/c1-12-9-16(13-5-4-6-15(21)10-13)24-25-17(12)11-22-18(25)19(26)23-20(2,3)14-7-8-14/h4-6,9-11,14H,7-8H2,1-3H3,(H,23,26). The zero-order chi connectivity index (χ0) is 18.5. The molecule has 0 spiro atoms. The number of carbonyl (C=O) groups is 1. The molecule has 0 saturated heterocycles. The van der Waals surface area contributed by atoms with Gasteiger partial charge in [-0.1, -0.05) is 12.1 Å². The number of hydrogen-bond acceptors (Lipinski definition) is 3. The van der Waals surface area contributed by atoms with Gasteiger partial charge < -0.3 is 5.32 Å². The van der Waals surface area contributed by atoms with Gasteiger partial charge in [0, 0.05) is 11.1 Å². The zero-order valence-corrected chi connectivity index (χ0v) is 15.1. The maximum absolute atomic E-state index is 13.6. The van der Waals surface area contributed by atoms with Crippen LogP contribution in [0, 0.1) is 18.7 Å².